The van der Waals surface area contributed by atoms with Crippen LogP contribution in [0.2, 0.25) is 0 Å². The summed E-state index contributed by atoms with van der Waals surface area (Å²) in [4.78, 5) is 0. The third-order valence-electron chi connectivity index (χ3n) is 4.46. The van der Waals surface area contributed by atoms with E-state index in [9.17, 15) is 0 Å². The highest BCUT2D eigenvalue weighted by atomic mass is 14.6. The fourth-order valence-corrected chi connectivity index (χ4v) is 3.44. The number of anilines is 2. The van der Waals surface area contributed by atoms with Gasteiger partial charge in [-0.3, -0.25) is 0 Å². The van der Waals surface area contributed by atoms with E-state index in [1.807, 2.05) is 18.2 Å². The third kappa shape index (κ3) is 1.79. The Labute approximate surface area is 114 Å². The zero-order valence-corrected chi connectivity index (χ0v) is 11.5. The van der Waals surface area contributed by atoms with E-state index in [0.29, 0.717) is 5.92 Å². The van der Waals surface area contributed by atoms with Gasteiger partial charge in [-0.05, 0) is 53.3 Å². The Kier molecular flexibility index (Phi) is 2.56. The zero-order valence-electron chi connectivity index (χ0n) is 11.5. The van der Waals surface area contributed by atoms with E-state index in [1.165, 1.54) is 16.7 Å². The summed E-state index contributed by atoms with van der Waals surface area (Å²) in [5.74, 6) is 0.568. The average molecular weight is 252 g/mol. The van der Waals surface area contributed by atoms with E-state index < -0.39 is 0 Å². The molecular weight excluding hydrogens is 232 g/mol. The van der Waals surface area contributed by atoms with Gasteiger partial charge in [0.25, 0.3) is 0 Å². The van der Waals surface area contributed by atoms with Crippen molar-refractivity contribution < 1.29 is 0 Å². The molecule has 0 fully saturated rings. The molecule has 2 nitrogen and oxygen atoms in total. The molecule has 0 heterocycles. The number of nitrogens with two attached hydrogens (primary N) is 2. The second-order valence-corrected chi connectivity index (χ2v) is 5.91. The summed E-state index contributed by atoms with van der Waals surface area (Å²) in [5, 5.41) is 0. The molecule has 0 spiro atoms. The topological polar surface area (TPSA) is 52.0 Å². The van der Waals surface area contributed by atoms with Crippen molar-refractivity contribution in [1.29, 1.82) is 0 Å². The minimum absolute atomic E-state index is 0.0395. The largest absolute Gasteiger partial charge is 0.399 e. The van der Waals surface area contributed by atoms with Crippen LogP contribution in [0.15, 0.2) is 42.5 Å². The van der Waals surface area contributed by atoms with Gasteiger partial charge < -0.3 is 11.5 Å². The highest BCUT2D eigenvalue weighted by Gasteiger charge is 2.39. The van der Waals surface area contributed by atoms with Crippen LogP contribution in [0.25, 0.3) is 0 Å². The van der Waals surface area contributed by atoms with Gasteiger partial charge in [-0.2, -0.15) is 0 Å². The molecule has 0 bridgehead atoms. The quantitative estimate of drug-likeness (QED) is 0.761. The minimum Gasteiger partial charge on any atom is -0.399 e. The summed E-state index contributed by atoms with van der Waals surface area (Å²) in [5.41, 5.74) is 17.6. The van der Waals surface area contributed by atoms with Gasteiger partial charge in [0, 0.05) is 16.8 Å². The van der Waals surface area contributed by atoms with Crippen molar-refractivity contribution in [3.8, 4) is 0 Å². The van der Waals surface area contributed by atoms with Crippen molar-refractivity contribution in [2.75, 3.05) is 11.5 Å². The van der Waals surface area contributed by atoms with Gasteiger partial charge in [0.15, 0.2) is 0 Å². The van der Waals surface area contributed by atoms with Crippen LogP contribution in [0, 0.1) is 0 Å². The molecule has 2 heteroatoms. The molecule has 98 valence electrons. The average Bonchev–Trinajstić information content (AvgIpc) is 2.63. The number of rotatable bonds is 1. The molecular formula is C17H20N2. The van der Waals surface area contributed by atoms with Crippen LogP contribution >= 0.6 is 0 Å². The monoisotopic (exact) mass is 252 g/mol. The summed E-state index contributed by atoms with van der Waals surface area (Å²) < 4.78 is 0. The molecule has 0 amide bonds. The van der Waals surface area contributed by atoms with Crippen LogP contribution in [0.1, 0.15) is 42.9 Å². The van der Waals surface area contributed by atoms with E-state index in [2.05, 4.69) is 38.1 Å². The van der Waals surface area contributed by atoms with Crippen LogP contribution in [0.3, 0.4) is 0 Å². The number of hydrogen-bond acceptors (Lipinski definition) is 2. The van der Waals surface area contributed by atoms with Gasteiger partial charge in [-0.1, -0.05) is 32.0 Å². The third-order valence-corrected chi connectivity index (χ3v) is 4.46. The Morgan fingerprint density at radius 3 is 2.32 bits per heavy atom. The lowest BCUT2D eigenvalue weighted by Crippen LogP contribution is -2.20. The number of benzene rings is 2. The normalized spacial score (nSPS) is 25.3. The molecule has 0 saturated carbocycles. The highest BCUT2D eigenvalue weighted by molar-refractivity contribution is 5.56. The number of fused-ring (bicyclic) bond motifs is 1. The summed E-state index contributed by atoms with van der Waals surface area (Å²) in [7, 11) is 0. The maximum atomic E-state index is 5.98. The lowest BCUT2D eigenvalue weighted by Gasteiger charge is -2.27. The first-order valence-electron chi connectivity index (χ1n) is 6.76. The molecule has 2 aromatic carbocycles. The van der Waals surface area contributed by atoms with Gasteiger partial charge in [-0.25, -0.2) is 0 Å². The maximum absolute atomic E-state index is 5.98. The van der Waals surface area contributed by atoms with E-state index in [1.54, 1.807) is 0 Å². The Bertz CT molecular complexity index is 616. The molecule has 1 aliphatic rings. The van der Waals surface area contributed by atoms with Crippen LogP contribution in [-0.4, -0.2) is 0 Å². The van der Waals surface area contributed by atoms with Gasteiger partial charge in [0.05, 0.1) is 0 Å². The Balaban J connectivity index is 2.17. The van der Waals surface area contributed by atoms with E-state index >= 15 is 0 Å². The molecule has 3 rings (SSSR count). The van der Waals surface area contributed by atoms with Crippen molar-refractivity contribution in [2.24, 2.45) is 0 Å². The van der Waals surface area contributed by atoms with Crippen molar-refractivity contribution in [2.45, 2.75) is 31.6 Å². The molecule has 2 aromatic rings. The first-order chi connectivity index (χ1) is 9.00. The summed E-state index contributed by atoms with van der Waals surface area (Å²) in [6, 6.07) is 14.6. The fourth-order valence-electron chi connectivity index (χ4n) is 3.44. The fraction of sp³-hybridized carbons (Fsp3) is 0.294. The molecule has 2 unspecified atom stereocenters. The van der Waals surface area contributed by atoms with Crippen molar-refractivity contribution in [3.63, 3.8) is 0 Å². The van der Waals surface area contributed by atoms with Gasteiger partial charge in [0.2, 0.25) is 0 Å². The van der Waals surface area contributed by atoms with Crippen LogP contribution < -0.4 is 11.5 Å². The van der Waals surface area contributed by atoms with Crippen LogP contribution in [0.4, 0.5) is 11.4 Å². The van der Waals surface area contributed by atoms with Gasteiger partial charge in [0.1, 0.15) is 0 Å². The second kappa shape index (κ2) is 4.02. The van der Waals surface area contributed by atoms with E-state index in [0.717, 1.165) is 17.8 Å². The molecule has 4 N–H and O–H groups in total. The lowest BCUT2D eigenvalue weighted by atomic mass is 9.77. The smallest absolute Gasteiger partial charge is 0.0317 e. The summed E-state index contributed by atoms with van der Waals surface area (Å²) >= 11 is 0. The van der Waals surface area contributed by atoms with Crippen LogP contribution in [0.5, 0.6) is 0 Å². The Morgan fingerprint density at radius 2 is 1.63 bits per heavy atom. The zero-order chi connectivity index (χ0) is 13.6. The van der Waals surface area contributed by atoms with E-state index in [-0.39, 0.29) is 5.41 Å². The van der Waals surface area contributed by atoms with Crippen LogP contribution in [-0.2, 0) is 5.41 Å². The van der Waals surface area contributed by atoms with Crippen molar-refractivity contribution in [3.05, 3.63) is 59.2 Å². The summed E-state index contributed by atoms with van der Waals surface area (Å²) in [6.45, 7) is 4.60. The van der Waals surface area contributed by atoms with Gasteiger partial charge in [-0.15, -0.1) is 0 Å². The Hall–Kier alpha value is -1.96. The van der Waals surface area contributed by atoms with Crippen molar-refractivity contribution >= 4 is 11.4 Å². The van der Waals surface area contributed by atoms with E-state index in [4.69, 9.17) is 11.5 Å². The SMILES string of the molecule is CC1CC(C)(c2ccc(N)cc2)c2cc(N)ccc21. The maximum Gasteiger partial charge on any atom is 0.0317 e. The number of hydrogen-bond donors (Lipinski definition) is 2. The summed E-state index contributed by atoms with van der Waals surface area (Å²) in [6.07, 6.45) is 1.12. The lowest BCUT2D eigenvalue weighted by molar-refractivity contribution is 0.527. The highest BCUT2D eigenvalue weighted by Crippen LogP contribution is 2.50. The molecule has 0 aromatic heterocycles. The molecule has 1 aliphatic carbocycles. The molecule has 2 atom stereocenters. The molecule has 0 aliphatic heterocycles. The first-order valence-corrected chi connectivity index (χ1v) is 6.76. The van der Waals surface area contributed by atoms with Crippen molar-refractivity contribution in [1.82, 2.24) is 0 Å². The van der Waals surface area contributed by atoms with Gasteiger partial charge >= 0.3 is 0 Å². The first kappa shape index (κ1) is 12.1. The minimum atomic E-state index is 0.0395. The molecule has 0 radical (unpaired) electrons. The number of nitrogen functional groups attached to an aromatic ring is 2. The standard InChI is InChI=1S/C17H20N2/c1-11-10-17(2,12-3-5-13(18)6-4-12)16-9-14(19)7-8-15(11)16/h3-9,11H,10,18-19H2,1-2H3. The molecule has 0 saturated heterocycles. The molecule has 19 heavy (non-hydrogen) atoms. The Morgan fingerprint density at radius 1 is 1.00 bits per heavy atom. The predicted molar refractivity (Wildman–Crippen MR) is 81.2 cm³/mol. The second-order valence-electron chi connectivity index (χ2n) is 5.91. The predicted octanol–water partition coefficient (Wildman–Crippen LogP) is 3.66.